The molecule has 1 aliphatic rings. The number of nitrogens with zero attached hydrogens (tertiary/aromatic N) is 3. The summed E-state index contributed by atoms with van der Waals surface area (Å²) in [5.41, 5.74) is 6.06. The number of nitriles is 1. The monoisotopic (exact) mass is 443 g/mol. The minimum atomic E-state index is 0.558. The van der Waals surface area contributed by atoms with Crippen LogP contribution in [0.3, 0.4) is 0 Å². The average molecular weight is 444 g/mol. The lowest BCUT2D eigenvalue weighted by Crippen LogP contribution is -2.29. The number of aliphatic imine (C=N–C) groups is 1. The van der Waals surface area contributed by atoms with Crippen LogP contribution in [-0.4, -0.2) is 5.17 Å². The molecule has 0 spiro atoms. The number of amidine groups is 1. The van der Waals surface area contributed by atoms with Crippen LogP contribution in [0.25, 0.3) is 5.70 Å². The molecule has 154 valence electrons. The third-order valence-corrected chi connectivity index (χ3v) is 6.44. The van der Waals surface area contributed by atoms with E-state index in [2.05, 4.69) is 47.9 Å². The highest BCUT2D eigenvalue weighted by atomic mass is 35.5. The summed E-state index contributed by atoms with van der Waals surface area (Å²) in [6.07, 6.45) is 2.26. The normalized spacial score (nSPS) is 12.8. The van der Waals surface area contributed by atoms with E-state index in [1.807, 2.05) is 42.5 Å². The summed E-state index contributed by atoms with van der Waals surface area (Å²) in [7, 11) is 0. The van der Waals surface area contributed by atoms with Crippen molar-refractivity contribution in [3.05, 3.63) is 101 Å². The van der Waals surface area contributed by atoms with Crippen molar-refractivity contribution >= 4 is 45.6 Å². The molecule has 3 aromatic carbocycles. The van der Waals surface area contributed by atoms with Crippen molar-refractivity contribution < 1.29 is 0 Å². The molecule has 31 heavy (non-hydrogen) atoms. The lowest BCUT2D eigenvalue weighted by molar-refractivity contribution is 0.850. The molecule has 0 fully saturated rings. The van der Waals surface area contributed by atoms with Gasteiger partial charge in [0.25, 0.3) is 0 Å². The van der Waals surface area contributed by atoms with E-state index in [9.17, 15) is 0 Å². The summed E-state index contributed by atoms with van der Waals surface area (Å²) in [5.74, 6) is 0.801. The smallest absolute Gasteiger partial charge is 0.173 e. The molecule has 0 N–H and O–H groups in total. The summed E-state index contributed by atoms with van der Waals surface area (Å²) < 4.78 is 0. The van der Waals surface area contributed by atoms with Gasteiger partial charge in [-0.2, -0.15) is 5.26 Å². The first kappa shape index (κ1) is 21.2. The Morgan fingerprint density at radius 1 is 1.00 bits per heavy atom. The summed E-state index contributed by atoms with van der Waals surface area (Å²) >= 11 is 8.24. The first-order chi connectivity index (χ1) is 15.2. The molecule has 0 aliphatic carbocycles. The Labute approximate surface area is 192 Å². The van der Waals surface area contributed by atoms with Crippen LogP contribution in [0.15, 0.2) is 84.4 Å². The number of para-hydroxylation sites is 1. The second kappa shape index (κ2) is 9.87. The first-order valence-electron chi connectivity index (χ1n) is 10.2. The van der Waals surface area contributed by atoms with E-state index in [4.69, 9.17) is 21.9 Å². The van der Waals surface area contributed by atoms with Crippen molar-refractivity contribution in [2.24, 2.45) is 4.99 Å². The zero-order chi connectivity index (χ0) is 21.6. The number of halogens is 1. The number of benzene rings is 3. The van der Waals surface area contributed by atoms with Crippen molar-refractivity contribution in [1.29, 1.82) is 5.26 Å². The highest BCUT2D eigenvalue weighted by Gasteiger charge is 2.27. The van der Waals surface area contributed by atoms with Gasteiger partial charge in [-0.1, -0.05) is 78.5 Å². The number of anilines is 1. The second-order valence-electron chi connectivity index (χ2n) is 7.27. The van der Waals surface area contributed by atoms with Crippen LogP contribution in [0.2, 0.25) is 5.02 Å². The predicted octanol–water partition coefficient (Wildman–Crippen LogP) is 7.60. The van der Waals surface area contributed by atoms with E-state index < -0.39 is 0 Å². The minimum absolute atomic E-state index is 0.558. The number of unbranched alkanes of at least 4 members (excludes halogenated alkanes) is 1. The summed E-state index contributed by atoms with van der Waals surface area (Å²) in [6, 6.07) is 26.6. The van der Waals surface area contributed by atoms with Crippen LogP contribution in [0.1, 0.15) is 29.5 Å². The Kier molecular flexibility index (Phi) is 6.76. The van der Waals surface area contributed by atoms with Gasteiger partial charge in [-0.05, 0) is 48.2 Å². The third kappa shape index (κ3) is 4.85. The second-order valence-corrected chi connectivity index (χ2v) is 8.62. The van der Waals surface area contributed by atoms with Gasteiger partial charge in [-0.25, -0.2) is 4.99 Å². The van der Waals surface area contributed by atoms with Crippen molar-refractivity contribution in [2.75, 3.05) is 4.90 Å². The van der Waals surface area contributed by atoms with Gasteiger partial charge in [0.2, 0.25) is 0 Å². The molecule has 0 unspecified atom stereocenters. The van der Waals surface area contributed by atoms with E-state index in [0.29, 0.717) is 11.4 Å². The Morgan fingerprint density at radius 3 is 2.55 bits per heavy atom. The Morgan fingerprint density at radius 2 is 1.77 bits per heavy atom. The van der Waals surface area contributed by atoms with Crippen LogP contribution >= 0.6 is 23.4 Å². The van der Waals surface area contributed by atoms with E-state index in [1.54, 1.807) is 11.8 Å². The number of fused-ring (bicyclic) bond motifs is 1. The summed E-state index contributed by atoms with van der Waals surface area (Å²) in [6.45, 7) is 4.42. The molecule has 1 heterocycles. The number of aryl methyl sites for hydroxylation is 1. The maximum absolute atomic E-state index is 8.82. The van der Waals surface area contributed by atoms with Gasteiger partial charge in [0, 0.05) is 17.7 Å². The molecule has 0 aromatic heterocycles. The molecule has 0 saturated carbocycles. The zero-order valence-electron chi connectivity index (χ0n) is 17.1. The van der Waals surface area contributed by atoms with Gasteiger partial charge in [-0.15, -0.1) is 0 Å². The lowest BCUT2D eigenvalue weighted by Gasteiger charge is -2.32. The summed E-state index contributed by atoms with van der Waals surface area (Å²) in [4.78, 5) is 7.03. The zero-order valence-corrected chi connectivity index (χ0v) is 18.7. The molecule has 5 heteroatoms. The molecule has 3 aromatic rings. The Balaban J connectivity index is 1.70. The number of hydrogen-bond donors (Lipinski definition) is 0. The largest absolute Gasteiger partial charge is 0.288 e. The first-order valence-corrected chi connectivity index (χ1v) is 11.5. The maximum Gasteiger partial charge on any atom is 0.173 e. The molecule has 0 amide bonds. The average Bonchev–Trinajstić information content (AvgIpc) is 2.80. The Bertz CT molecular complexity index is 1160. The van der Waals surface area contributed by atoms with Gasteiger partial charge in [0.1, 0.15) is 0 Å². The van der Waals surface area contributed by atoms with Crippen molar-refractivity contribution in [3.8, 4) is 6.07 Å². The molecular formula is C26H22ClN3S. The quantitative estimate of drug-likeness (QED) is 0.368. The molecule has 3 nitrogen and oxygen atoms in total. The molecule has 4 rings (SSSR count). The van der Waals surface area contributed by atoms with E-state index in [-0.39, 0.29) is 0 Å². The minimum Gasteiger partial charge on any atom is -0.288 e. The number of rotatable bonds is 6. The highest BCUT2D eigenvalue weighted by Crippen LogP contribution is 2.42. The van der Waals surface area contributed by atoms with Crippen molar-refractivity contribution in [2.45, 2.75) is 25.0 Å². The third-order valence-electron chi connectivity index (χ3n) is 5.11. The van der Waals surface area contributed by atoms with E-state index in [1.165, 1.54) is 11.1 Å². The van der Waals surface area contributed by atoms with Gasteiger partial charge < -0.3 is 0 Å². The van der Waals surface area contributed by atoms with Crippen LogP contribution in [0.5, 0.6) is 0 Å². The lowest BCUT2D eigenvalue weighted by atomic mass is 10.0. The van der Waals surface area contributed by atoms with Crippen molar-refractivity contribution in [1.82, 2.24) is 0 Å². The predicted molar refractivity (Wildman–Crippen MR) is 133 cm³/mol. The molecule has 0 bridgehead atoms. The fraction of sp³-hybridized carbons (Fsp3) is 0.154. The molecule has 0 atom stereocenters. The Hall–Kier alpha value is -3.00. The van der Waals surface area contributed by atoms with E-state index in [0.717, 1.165) is 46.4 Å². The topological polar surface area (TPSA) is 39.4 Å². The fourth-order valence-corrected chi connectivity index (χ4v) is 4.74. The van der Waals surface area contributed by atoms with E-state index >= 15 is 0 Å². The van der Waals surface area contributed by atoms with Crippen LogP contribution < -0.4 is 4.90 Å². The van der Waals surface area contributed by atoms with Gasteiger partial charge in [-0.3, -0.25) is 4.90 Å². The van der Waals surface area contributed by atoms with Crippen molar-refractivity contribution in [3.63, 3.8) is 0 Å². The van der Waals surface area contributed by atoms with Crippen LogP contribution in [0.4, 0.5) is 11.4 Å². The van der Waals surface area contributed by atoms with Gasteiger partial charge in [0.05, 0.1) is 28.2 Å². The highest BCUT2D eigenvalue weighted by molar-refractivity contribution is 8.13. The fourth-order valence-electron chi connectivity index (χ4n) is 3.53. The van der Waals surface area contributed by atoms with Gasteiger partial charge >= 0.3 is 0 Å². The number of thioether (sulfide) groups is 1. The SMILES string of the molecule is C=C1c2cc(CCCC#N)ccc2N=C(SCc2ccccc2)N1c1ccccc1Cl. The summed E-state index contributed by atoms with van der Waals surface area (Å²) in [5, 5.41) is 10.3. The van der Waals surface area contributed by atoms with Crippen LogP contribution in [-0.2, 0) is 12.2 Å². The molecule has 1 aliphatic heterocycles. The van der Waals surface area contributed by atoms with Crippen LogP contribution in [0, 0.1) is 11.3 Å². The standard InChI is InChI=1S/C26H22ClN3S/c1-19-22-17-20(9-7-8-16-28)14-15-24(22)29-26(31-18-21-10-3-2-4-11-21)30(19)25-13-6-5-12-23(25)27/h2-6,10-15,17H,1,7-9,18H2. The number of hydrogen-bond acceptors (Lipinski definition) is 4. The van der Waals surface area contributed by atoms with Gasteiger partial charge in [0.15, 0.2) is 5.17 Å². The molecule has 0 radical (unpaired) electrons. The molecule has 0 saturated heterocycles. The molecular weight excluding hydrogens is 422 g/mol. The maximum atomic E-state index is 8.82.